The van der Waals surface area contributed by atoms with Crippen LogP contribution in [0.15, 0.2) is 18.2 Å². The molecule has 0 aromatic heterocycles. The van der Waals surface area contributed by atoms with Gasteiger partial charge in [-0.05, 0) is 57.9 Å². The monoisotopic (exact) mass is 252 g/mol. The Labute approximate surface area is 109 Å². The highest BCUT2D eigenvalue weighted by Crippen LogP contribution is 2.25. The molecule has 94 valence electrons. The molecular weight excluding hydrogens is 232 g/mol. The zero-order valence-electron chi connectivity index (χ0n) is 10.8. The van der Waals surface area contributed by atoms with Crippen LogP contribution in [0.1, 0.15) is 32.3 Å². The first-order valence-corrected chi connectivity index (χ1v) is 6.62. The van der Waals surface area contributed by atoms with Crippen molar-refractivity contribution in [3.8, 4) is 0 Å². The summed E-state index contributed by atoms with van der Waals surface area (Å²) < 4.78 is 0. The molecule has 0 saturated carbocycles. The van der Waals surface area contributed by atoms with Gasteiger partial charge in [0.25, 0.3) is 0 Å². The van der Waals surface area contributed by atoms with Gasteiger partial charge in [0, 0.05) is 22.3 Å². The van der Waals surface area contributed by atoms with Gasteiger partial charge < -0.3 is 10.6 Å². The van der Waals surface area contributed by atoms with Gasteiger partial charge in [-0.25, -0.2) is 0 Å². The molecule has 1 saturated heterocycles. The Morgan fingerprint density at radius 3 is 2.88 bits per heavy atom. The largest absolute Gasteiger partial charge is 0.382 e. The lowest BCUT2D eigenvalue weighted by Crippen LogP contribution is -2.50. The number of rotatable bonds is 2. The van der Waals surface area contributed by atoms with E-state index in [0.717, 1.165) is 24.4 Å². The van der Waals surface area contributed by atoms with Crippen LogP contribution in [0.5, 0.6) is 0 Å². The van der Waals surface area contributed by atoms with Gasteiger partial charge in [-0.1, -0.05) is 17.7 Å². The number of halogens is 1. The summed E-state index contributed by atoms with van der Waals surface area (Å²) in [5.74, 6) is 0. The molecule has 3 heteroatoms. The number of aryl methyl sites for hydroxylation is 1. The third-order valence-corrected chi connectivity index (χ3v) is 3.65. The quantitative estimate of drug-likeness (QED) is 0.841. The number of piperidine rings is 1. The van der Waals surface area contributed by atoms with Crippen molar-refractivity contribution in [2.45, 2.75) is 45.2 Å². The molecule has 0 radical (unpaired) electrons. The Morgan fingerprint density at radius 1 is 1.41 bits per heavy atom. The smallest absolute Gasteiger partial charge is 0.0426 e. The van der Waals surface area contributed by atoms with Crippen LogP contribution in [-0.2, 0) is 0 Å². The van der Waals surface area contributed by atoms with Gasteiger partial charge in [-0.3, -0.25) is 0 Å². The highest BCUT2D eigenvalue weighted by atomic mass is 35.5. The van der Waals surface area contributed by atoms with Gasteiger partial charge in [0.15, 0.2) is 0 Å². The van der Waals surface area contributed by atoms with Crippen molar-refractivity contribution in [2.24, 2.45) is 0 Å². The molecule has 1 fully saturated rings. The highest BCUT2D eigenvalue weighted by Gasteiger charge is 2.27. The first kappa shape index (κ1) is 12.7. The maximum atomic E-state index is 6.04. The fourth-order valence-corrected chi connectivity index (χ4v) is 2.64. The van der Waals surface area contributed by atoms with Crippen LogP contribution in [0.4, 0.5) is 5.69 Å². The van der Waals surface area contributed by atoms with Crippen LogP contribution in [-0.4, -0.2) is 18.1 Å². The van der Waals surface area contributed by atoms with Crippen molar-refractivity contribution in [1.29, 1.82) is 0 Å². The Hall–Kier alpha value is -0.730. The minimum absolute atomic E-state index is 0.225. The number of hydrogen-bond donors (Lipinski definition) is 2. The summed E-state index contributed by atoms with van der Waals surface area (Å²) in [4.78, 5) is 0. The van der Waals surface area contributed by atoms with E-state index < -0.39 is 0 Å². The molecule has 0 amide bonds. The second kappa shape index (κ2) is 4.87. The van der Waals surface area contributed by atoms with Crippen molar-refractivity contribution < 1.29 is 0 Å². The molecule has 1 aromatic rings. The molecule has 1 aliphatic rings. The summed E-state index contributed by atoms with van der Waals surface area (Å²) in [6.07, 6.45) is 2.30. The predicted octanol–water partition coefficient (Wildman–Crippen LogP) is 3.59. The SMILES string of the molecule is Cc1ccc(Cl)cc1NC1CCNC(C)(C)C1. The van der Waals surface area contributed by atoms with Gasteiger partial charge >= 0.3 is 0 Å². The van der Waals surface area contributed by atoms with E-state index in [1.807, 2.05) is 12.1 Å². The fourth-order valence-electron chi connectivity index (χ4n) is 2.47. The van der Waals surface area contributed by atoms with Crippen LogP contribution >= 0.6 is 11.6 Å². The Bertz CT molecular complexity index is 401. The van der Waals surface area contributed by atoms with E-state index in [-0.39, 0.29) is 5.54 Å². The molecule has 17 heavy (non-hydrogen) atoms. The lowest BCUT2D eigenvalue weighted by atomic mass is 9.89. The van der Waals surface area contributed by atoms with Crippen molar-refractivity contribution in [2.75, 3.05) is 11.9 Å². The molecule has 0 spiro atoms. The average Bonchev–Trinajstić information content (AvgIpc) is 2.22. The zero-order valence-corrected chi connectivity index (χ0v) is 11.6. The second-order valence-electron chi connectivity index (χ2n) is 5.60. The van der Waals surface area contributed by atoms with E-state index in [9.17, 15) is 0 Å². The predicted molar refractivity (Wildman–Crippen MR) is 74.9 cm³/mol. The van der Waals surface area contributed by atoms with E-state index in [1.54, 1.807) is 0 Å². The van der Waals surface area contributed by atoms with Crippen LogP contribution in [0, 0.1) is 6.92 Å². The Morgan fingerprint density at radius 2 is 2.18 bits per heavy atom. The average molecular weight is 253 g/mol. The first-order valence-electron chi connectivity index (χ1n) is 6.24. The normalized spacial score (nSPS) is 23.4. The number of anilines is 1. The van der Waals surface area contributed by atoms with Crippen molar-refractivity contribution in [3.05, 3.63) is 28.8 Å². The maximum absolute atomic E-state index is 6.04. The Kier molecular flexibility index (Phi) is 3.64. The Balaban J connectivity index is 2.07. The fraction of sp³-hybridized carbons (Fsp3) is 0.571. The van der Waals surface area contributed by atoms with Gasteiger partial charge in [0.05, 0.1) is 0 Å². The highest BCUT2D eigenvalue weighted by molar-refractivity contribution is 6.30. The van der Waals surface area contributed by atoms with E-state index in [0.29, 0.717) is 6.04 Å². The van der Waals surface area contributed by atoms with Gasteiger partial charge in [0.2, 0.25) is 0 Å². The second-order valence-corrected chi connectivity index (χ2v) is 6.04. The van der Waals surface area contributed by atoms with E-state index in [1.165, 1.54) is 11.3 Å². The maximum Gasteiger partial charge on any atom is 0.0426 e. The van der Waals surface area contributed by atoms with Crippen molar-refractivity contribution >= 4 is 17.3 Å². The molecule has 1 unspecified atom stereocenters. The van der Waals surface area contributed by atoms with Crippen LogP contribution < -0.4 is 10.6 Å². The van der Waals surface area contributed by atoms with Gasteiger partial charge in [0.1, 0.15) is 0 Å². The number of hydrogen-bond acceptors (Lipinski definition) is 2. The minimum Gasteiger partial charge on any atom is -0.382 e. The van der Waals surface area contributed by atoms with Crippen LogP contribution in [0.3, 0.4) is 0 Å². The summed E-state index contributed by atoms with van der Waals surface area (Å²) in [6, 6.07) is 6.56. The minimum atomic E-state index is 0.225. The van der Waals surface area contributed by atoms with E-state index >= 15 is 0 Å². The summed E-state index contributed by atoms with van der Waals surface area (Å²) in [6.45, 7) is 7.70. The van der Waals surface area contributed by atoms with Crippen LogP contribution in [0.2, 0.25) is 5.02 Å². The standard InChI is InChI=1S/C14H21ClN2/c1-10-4-5-11(15)8-13(10)17-12-6-7-16-14(2,3)9-12/h4-5,8,12,16-17H,6-7,9H2,1-3H3. The zero-order chi connectivity index (χ0) is 12.5. The van der Waals surface area contributed by atoms with Gasteiger partial charge in [-0.2, -0.15) is 0 Å². The van der Waals surface area contributed by atoms with E-state index in [2.05, 4.69) is 37.5 Å². The summed E-state index contributed by atoms with van der Waals surface area (Å²) in [5, 5.41) is 7.95. The summed E-state index contributed by atoms with van der Waals surface area (Å²) >= 11 is 6.04. The third kappa shape index (κ3) is 3.36. The summed E-state index contributed by atoms with van der Waals surface area (Å²) in [7, 11) is 0. The first-order chi connectivity index (χ1) is 7.96. The topological polar surface area (TPSA) is 24.1 Å². The molecule has 2 nitrogen and oxygen atoms in total. The summed E-state index contributed by atoms with van der Waals surface area (Å²) in [5.41, 5.74) is 2.65. The molecule has 2 N–H and O–H groups in total. The van der Waals surface area contributed by atoms with E-state index in [4.69, 9.17) is 11.6 Å². The molecular formula is C14H21ClN2. The van der Waals surface area contributed by atoms with Crippen molar-refractivity contribution in [1.82, 2.24) is 5.32 Å². The van der Waals surface area contributed by atoms with Gasteiger partial charge in [-0.15, -0.1) is 0 Å². The molecule has 1 aromatic carbocycles. The number of benzene rings is 1. The molecule has 1 atom stereocenters. The molecule has 1 heterocycles. The lowest BCUT2D eigenvalue weighted by molar-refractivity contribution is 0.286. The molecule has 0 aliphatic carbocycles. The molecule has 1 aliphatic heterocycles. The van der Waals surface area contributed by atoms with Crippen molar-refractivity contribution in [3.63, 3.8) is 0 Å². The molecule has 2 rings (SSSR count). The lowest BCUT2D eigenvalue weighted by Gasteiger charge is -2.37. The van der Waals surface area contributed by atoms with Crippen LogP contribution in [0.25, 0.3) is 0 Å². The molecule has 0 bridgehead atoms. The number of nitrogens with one attached hydrogen (secondary N) is 2. The third-order valence-electron chi connectivity index (χ3n) is 3.41.